The molecule has 1 aliphatic rings. The summed E-state index contributed by atoms with van der Waals surface area (Å²) in [6, 6.07) is 9.44. The van der Waals surface area contributed by atoms with Crippen LogP contribution < -0.4 is 11.1 Å². The first kappa shape index (κ1) is 13.1. The molecule has 1 atom stereocenters. The zero-order chi connectivity index (χ0) is 14.2. The number of carbonyl (C=O) groups is 1. The Bertz CT molecular complexity index is 646. The molecule has 1 amide bonds. The van der Waals surface area contributed by atoms with Gasteiger partial charge in [0, 0.05) is 18.1 Å². The van der Waals surface area contributed by atoms with E-state index in [0.717, 1.165) is 23.7 Å². The summed E-state index contributed by atoms with van der Waals surface area (Å²) < 4.78 is 0. The molecule has 1 unspecified atom stereocenters. The summed E-state index contributed by atoms with van der Waals surface area (Å²) in [7, 11) is 0. The highest BCUT2D eigenvalue weighted by Crippen LogP contribution is 2.39. The second-order valence-electron chi connectivity index (χ2n) is 5.73. The molecule has 1 aliphatic carbocycles. The van der Waals surface area contributed by atoms with Crippen LogP contribution in [0.4, 0.5) is 0 Å². The summed E-state index contributed by atoms with van der Waals surface area (Å²) in [5, 5.41) is 4.00. The van der Waals surface area contributed by atoms with Gasteiger partial charge in [-0.05, 0) is 37.8 Å². The number of aromatic nitrogens is 1. The molecule has 0 radical (unpaired) electrons. The highest BCUT2D eigenvalue weighted by Gasteiger charge is 2.41. The van der Waals surface area contributed by atoms with Crippen molar-refractivity contribution >= 4 is 16.8 Å². The molecule has 0 spiro atoms. The summed E-state index contributed by atoms with van der Waals surface area (Å²) in [6.45, 7) is 2.50. The fraction of sp³-hybridized carbons (Fsp3) is 0.375. The molecule has 4 nitrogen and oxygen atoms in total. The van der Waals surface area contributed by atoms with Gasteiger partial charge in [-0.1, -0.05) is 18.2 Å². The molecule has 3 N–H and O–H groups in total. The number of para-hydroxylation sites is 1. The molecule has 1 heterocycles. The van der Waals surface area contributed by atoms with E-state index in [-0.39, 0.29) is 11.4 Å². The molecule has 3 rings (SSSR count). The second-order valence-corrected chi connectivity index (χ2v) is 5.73. The van der Waals surface area contributed by atoms with E-state index in [1.165, 1.54) is 0 Å². The maximum Gasteiger partial charge on any atom is 0.252 e. The Hall–Kier alpha value is -1.94. The first-order valence-corrected chi connectivity index (χ1v) is 7.00. The van der Waals surface area contributed by atoms with Crippen molar-refractivity contribution in [3.63, 3.8) is 0 Å². The van der Waals surface area contributed by atoms with Gasteiger partial charge in [0.15, 0.2) is 0 Å². The third-order valence-electron chi connectivity index (χ3n) is 4.20. The van der Waals surface area contributed by atoms with Gasteiger partial charge in [-0.15, -0.1) is 0 Å². The number of carbonyl (C=O) groups excluding carboxylic acids is 1. The van der Waals surface area contributed by atoms with Crippen molar-refractivity contribution < 1.29 is 4.79 Å². The Balaban J connectivity index is 1.93. The summed E-state index contributed by atoms with van der Waals surface area (Å²) in [5.41, 5.74) is 7.05. The van der Waals surface area contributed by atoms with Crippen LogP contribution in [0, 0.1) is 5.92 Å². The van der Waals surface area contributed by atoms with Crippen LogP contribution in [-0.2, 0) is 0 Å². The molecule has 4 heteroatoms. The van der Waals surface area contributed by atoms with Crippen LogP contribution in [0.1, 0.15) is 30.1 Å². The van der Waals surface area contributed by atoms with Gasteiger partial charge in [0.2, 0.25) is 0 Å². The molecule has 1 aromatic heterocycles. The lowest BCUT2D eigenvalue weighted by atomic mass is 9.95. The molecule has 1 fully saturated rings. The number of benzene rings is 1. The van der Waals surface area contributed by atoms with Crippen molar-refractivity contribution in [2.45, 2.75) is 25.3 Å². The largest absolute Gasteiger partial charge is 0.345 e. The number of nitrogens with zero attached hydrogens (tertiary/aromatic N) is 1. The van der Waals surface area contributed by atoms with Gasteiger partial charge < -0.3 is 11.1 Å². The minimum Gasteiger partial charge on any atom is -0.345 e. The van der Waals surface area contributed by atoms with E-state index in [4.69, 9.17) is 5.73 Å². The van der Waals surface area contributed by atoms with Gasteiger partial charge in [0.25, 0.3) is 5.91 Å². The summed E-state index contributed by atoms with van der Waals surface area (Å²) >= 11 is 0. The van der Waals surface area contributed by atoms with Gasteiger partial charge in [-0.2, -0.15) is 0 Å². The number of amides is 1. The minimum atomic E-state index is -0.304. The van der Waals surface area contributed by atoms with Crippen molar-refractivity contribution in [2.75, 3.05) is 6.54 Å². The Labute approximate surface area is 118 Å². The van der Waals surface area contributed by atoms with Gasteiger partial charge >= 0.3 is 0 Å². The fourth-order valence-corrected chi connectivity index (χ4v) is 2.66. The van der Waals surface area contributed by atoms with Gasteiger partial charge in [0.1, 0.15) is 0 Å². The van der Waals surface area contributed by atoms with E-state index >= 15 is 0 Å². The van der Waals surface area contributed by atoms with Crippen LogP contribution in [0.2, 0.25) is 0 Å². The third-order valence-corrected chi connectivity index (χ3v) is 4.20. The maximum atomic E-state index is 12.6. The van der Waals surface area contributed by atoms with E-state index in [0.29, 0.717) is 18.0 Å². The van der Waals surface area contributed by atoms with Gasteiger partial charge in [0.05, 0.1) is 16.6 Å². The van der Waals surface area contributed by atoms with Crippen molar-refractivity contribution in [3.8, 4) is 0 Å². The Morgan fingerprint density at radius 3 is 2.85 bits per heavy atom. The van der Waals surface area contributed by atoms with Crippen LogP contribution in [0.25, 0.3) is 10.9 Å². The second kappa shape index (κ2) is 4.87. The van der Waals surface area contributed by atoms with Crippen molar-refractivity contribution in [2.24, 2.45) is 11.7 Å². The molecule has 0 saturated heterocycles. The summed E-state index contributed by atoms with van der Waals surface area (Å²) in [4.78, 5) is 16.9. The quantitative estimate of drug-likeness (QED) is 0.893. The zero-order valence-corrected chi connectivity index (χ0v) is 11.6. The molecule has 2 aromatic rings. The normalized spacial score (nSPS) is 17.7. The first-order chi connectivity index (χ1) is 9.64. The number of rotatable bonds is 4. The van der Waals surface area contributed by atoms with E-state index in [1.807, 2.05) is 31.2 Å². The number of nitrogens with two attached hydrogens (primary N) is 1. The highest BCUT2D eigenvalue weighted by atomic mass is 16.1. The number of hydrogen-bond donors (Lipinski definition) is 2. The highest BCUT2D eigenvalue weighted by molar-refractivity contribution is 6.06. The Morgan fingerprint density at radius 1 is 1.40 bits per heavy atom. The van der Waals surface area contributed by atoms with Crippen LogP contribution in [0.5, 0.6) is 0 Å². The van der Waals surface area contributed by atoms with Crippen molar-refractivity contribution in [1.29, 1.82) is 0 Å². The van der Waals surface area contributed by atoms with Crippen molar-refractivity contribution in [1.82, 2.24) is 10.3 Å². The molecule has 1 saturated carbocycles. The number of fused-ring (bicyclic) bond motifs is 1. The molecule has 104 valence electrons. The van der Waals surface area contributed by atoms with Crippen LogP contribution in [0.3, 0.4) is 0 Å². The Morgan fingerprint density at radius 2 is 2.15 bits per heavy atom. The molecular formula is C16H19N3O. The summed E-state index contributed by atoms with van der Waals surface area (Å²) in [5.74, 6) is 0.438. The standard InChI is InChI=1S/C16H19N3O/c1-16(10-17,11-6-7-11)19-15(20)13-8-9-18-14-5-3-2-4-12(13)14/h2-5,8-9,11H,6-7,10,17H2,1H3,(H,19,20). The van der Waals surface area contributed by atoms with E-state index < -0.39 is 0 Å². The smallest absolute Gasteiger partial charge is 0.252 e. The average molecular weight is 269 g/mol. The van der Waals surface area contributed by atoms with Crippen LogP contribution in [0.15, 0.2) is 36.5 Å². The zero-order valence-electron chi connectivity index (χ0n) is 11.6. The first-order valence-electron chi connectivity index (χ1n) is 7.00. The predicted molar refractivity (Wildman–Crippen MR) is 79.4 cm³/mol. The topological polar surface area (TPSA) is 68.0 Å². The predicted octanol–water partition coefficient (Wildman–Crippen LogP) is 2.09. The Kier molecular flexibility index (Phi) is 3.18. The molecule has 0 bridgehead atoms. The lowest BCUT2D eigenvalue weighted by Gasteiger charge is -2.29. The molecule has 1 aromatic carbocycles. The SMILES string of the molecule is CC(CN)(NC(=O)c1ccnc2ccccc12)C1CC1. The molecular weight excluding hydrogens is 250 g/mol. The van der Waals surface area contributed by atoms with Crippen molar-refractivity contribution in [3.05, 3.63) is 42.1 Å². The van der Waals surface area contributed by atoms with Gasteiger partial charge in [-0.25, -0.2) is 0 Å². The van der Waals surface area contributed by atoms with E-state index in [2.05, 4.69) is 10.3 Å². The number of pyridine rings is 1. The minimum absolute atomic E-state index is 0.0662. The van der Waals surface area contributed by atoms with Crippen LogP contribution >= 0.6 is 0 Å². The lowest BCUT2D eigenvalue weighted by molar-refractivity contribution is 0.0899. The lowest BCUT2D eigenvalue weighted by Crippen LogP contribution is -2.53. The third kappa shape index (κ3) is 2.27. The molecule has 20 heavy (non-hydrogen) atoms. The fourth-order valence-electron chi connectivity index (χ4n) is 2.66. The van der Waals surface area contributed by atoms with E-state index in [1.54, 1.807) is 12.3 Å². The van der Waals surface area contributed by atoms with Gasteiger partial charge in [-0.3, -0.25) is 9.78 Å². The summed E-state index contributed by atoms with van der Waals surface area (Å²) in [6.07, 6.45) is 3.96. The average Bonchev–Trinajstić information content (AvgIpc) is 3.31. The number of nitrogens with one attached hydrogen (secondary N) is 1. The molecule has 0 aliphatic heterocycles. The monoisotopic (exact) mass is 269 g/mol. The van der Waals surface area contributed by atoms with Crippen LogP contribution in [-0.4, -0.2) is 23.0 Å². The number of hydrogen-bond acceptors (Lipinski definition) is 3. The maximum absolute atomic E-state index is 12.6. The van der Waals surface area contributed by atoms with E-state index in [9.17, 15) is 4.79 Å².